The van der Waals surface area contributed by atoms with E-state index in [-0.39, 0.29) is 11.5 Å². The Kier molecular flexibility index (Phi) is 4.99. The molecule has 0 atom stereocenters. The molecule has 0 bridgehead atoms. The number of anilines is 1. The first-order chi connectivity index (χ1) is 15.1. The predicted molar refractivity (Wildman–Crippen MR) is 122 cm³/mol. The number of hydrogen-bond donors (Lipinski definition) is 0. The first-order valence-electron chi connectivity index (χ1n) is 10.2. The maximum atomic E-state index is 12.7. The van der Waals surface area contributed by atoms with Crippen LogP contribution in [0.15, 0.2) is 65.5 Å². The summed E-state index contributed by atoms with van der Waals surface area (Å²) in [4.78, 5) is 34.5. The molecular weight excluding hydrogens is 410 g/mol. The van der Waals surface area contributed by atoms with Gasteiger partial charge in [-0.15, -0.1) is 0 Å². The molecule has 1 aliphatic rings. The van der Waals surface area contributed by atoms with Crippen molar-refractivity contribution in [2.45, 2.75) is 6.92 Å². The lowest BCUT2D eigenvalue weighted by Crippen LogP contribution is -2.49. The zero-order valence-electron chi connectivity index (χ0n) is 17.1. The number of piperazine rings is 1. The number of carbonyl (C=O) groups is 1. The second-order valence-corrected chi connectivity index (χ2v) is 8.52. The van der Waals surface area contributed by atoms with Gasteiger partial charge in [0.1, 0.15) is 10.8 Å². The van der Waals surface area contributed by atoms with Crippen molar-refractivity contribution in [2.24, 2.45) is 0 Å². The van der Waals surface area contributed by atoms with Gasteiger partial charge in [-0.05, 0) is 19.1 Å². The van der Waals surface area contributed by atoms with Crippen LogP contribution in [0.25, 0.3) is 15.5 Å². The highest BCUT2D eigenvalue weighted by Gasteiger charge is 2.23. The van der Waals surface area contributed by atoms with Crippen molar-refractivity contribution >= 4 is 28.0 Å². The van der Waals surface area contributed by atoms with Crippen LogP contribution >= 0.6 is 11.3 Å². The molecule has 4 aromatic rings. The summed E-state index contributed by atoms with van der Waals surface area (Å²) in [6, 6.07) is 18.9. The van der Waals surface area contributed by atoms with Crippen LogP contribution in [0.1, 0.15) is 15.9 Å². The molecule has 2 aromatic heterocycles. The number of rotatable bonds is 3. The maximum Gasteiger partial charge on any atom is 0.277 e. The highest BCUT2D eigenvalue weighted by atomic mass is 32.1. The van der Waals surface area contributed by atoms with Gasteiger partial charge >= 0.3 is 0 Å². The summed E-state index contributed by atoms with van der Waals surface area (Å²) in [6.07, 6.45) is 0. The summed E-state index contributed by atoms with van der Waals surface area (Å²) in [5.41, 5.74) is 2.64. The topological polar surface area (TPSA) is 70.8 Å². The second-order valence-electron chi connectivity index (χ2n) is 7.57. The minimum Gasteiger partial charge on any atom is -0.353 e. The number of aromatic nitrogens is 3. The number of fused-ring (bicyclic) bond motifs is 1. The number of carbonyl (C=O) groups excluding carboxylic acids is 1. The van der Waals surface area contributed by atoms with Gasteiger partial charge in [-0.2, -0.15) is 9.61 Å². The van der Waals surface area contributed by atoms with Crippen LogP contribution in [-0.2, 0) is 0 Å². The zero-order chi connectivity index (χ0) is 21.4. The first kappa shape index (κ1) is 19.4. The molecule has 1 aliphatic heterocycles. The number of benzene rings is 2. The fourth-order valence-corrected chi connectivity index (χ4v) is 4.58. The zero-order valence-corrected chi connectivity index (χ0v) is 17.9. The Bertz CT molecular complexity index is 1290. The van der Waals surface area contributed by atoms with Gasteiger partial charge in [0.2, 0.25) is 4.96 Å². The summed E-state index contributed by atoms with van der Waals surface area (Å²) in [5, 5.41) is 5.22. The van der Waals surface area contributed by atoms with Gasteiger partial charge in [-0.3, -0.25) is 9.59 Å². The molecule has 1 saturated heterocycles. The van der Waals surface area contributed by atoms with Crippen LogP contribution in [0, 0.1) is 6.92 Å². The van der Waals surface area contributed by atoms with Gasteiger partial charge in [-0.1, -0.05) is 59.4 Å². The van der Waals surface area contributed by atoms with Crippen molar-refractivity contribution < 1.29 is 4.79 Å². The van der Waals surface area contributed by atoms with E-state index >= 15 is 0 Å². The predicted octanol–water partition coefficient (Wildman–Crippen LogP) is 3.09. The van der Waals surface area contributed by atoms with Gasteiger partial charge < -0.3 is 9.80 Å². The quantitative estimate of drug-likeness (QED) is 0.499. The Morgan fingerprint density at radius 1 is 0.968 bits per heavy atom. The average molecular weight is 432 g/mol. The first-order valence-corrected chi connectivity index (χ1v) is 11.0. The maximum absolute atomic E-state index is 12.7. The monoisotopic (exact) mass is 431 g/mol. The normalized spacial score (nSPS) is 14.2. The van der Waals surface area contributed by atoms with Crippen LogP contribution in [0.2, 0.25) is 0 Å². The summed E-state index contributed by atoms with van der Waals surface area (Å²) in [7, 11) is 0. The minimum absolute atomic E-state index is 0.0360. The molecule has 0 radical (unpaired) electrons. The van der Waals surface area contributed by atoms with Gasteiger partial charge in [-0.25, -0.2) is 4.98 Å². The van der Waals surface area contributed by atoms with Crippen molar-refractivity contribution in [3.05, 3.63) is 82.1 Å². The summed E-state index contributed by atoms with van der Waals surface area (Å²) < 4.78 is 1.36. The molecule has 2 aromatic carbocycles. The van der Waals surface area contributed by atoms with Crippen molar-refractivity contribution in [2.75, 3.05) is 31.1 Å². The van der Waals surface area contributed by atoms with E-state index in [4.69, 9.17) is 4.98 Å². The lowest BCUT2D eigenvalue weighted by Gasteiger charge is -2.35. The van der Waals surface area contributed by atoms with E-state index in [1.165, 1.54) is 27.5 Å². The van der Waals surface area contributed by atoms with E-state index < -0.39 is 0 Å². The van der Waals surface area contributed by atoms with Crippen LogP contribution in [0.4, 0.5) is 5.82 Å². The van der Waals surface area contributed by atoms with Gasteiger partial charge in [0.05, 0.1) is 0 Å². The Labute approximate surface area is 183 Å². The molecule has 156 valence electrons. The van der Waals surface area contributed by atoms with E-state index in [0.29, 0.717) is 42.5 Å². The summed E-state index contributed by atoms with van der Waals surface area (Å²) in [6.45, 7) is 4.47. The molecule has 0 N–H and O–H groups in total. The molecule has 3 heterocycles. The molecule has 0 unspecified atom stereocenters. The van der Waals surface area contributed by atoms with Crippen molar-refractivity contribution in [3.8, 4) is 10.6 Å². The van der Waals surface area contributed by atoms with Crippen molar-refractivity contribution in [1.82, 2.24) is 19.5 Å². The van der Waals surface area contributed by atoms with Gasteiger partial charge in [0.25, 0.3) is 11.5 Å². The third-order valence-corrected chi connectivity index (χ3v) is 6.40. The number of aryl methyl sites for hydroxylation is 1. The molecular formula is C23H21N5O2S. The SMILES string of the molecule is Cc1ccc(-c2nn3c(=O)cc(N4CCN(C(=O)c5ccccc5)CC4)nc3s2)cc1. The molecule has 31 heavy (non-hydrogen) atoms. The highest BCUT2D eigenvalue weighted by Crippen LogP contribution is 2.25. The third kappa shape index (κ3) is 3.82. The lowest BCUT2D eigenvalue weighted by atomic mass is 10.2. The highest BCUT2D eigenvalue weighted by molar-refractivity contribution is 7.19. The molecule has 1 fully saturated rings. The van der Waals surface area contributed by atoms with Gasteiger partial charge in [0.15, 0.2) is 0 Å². The van der Waals surface area contributed by atoms with E-state index in [0.717, 1.165) is 10.6 Å². The third-order valence-electron chi connectivity index (χ3n) is 5.44. The fraction of sp³-hybridized carbons (Fsp3) is 0.217. The van der Waals surface area contributed by atoms with E-state index in [1.807, 2.05) is 66.4 Å². The molecule has 0 aliphatic carbocycles. The Morgan fingerprint density at radius 3 is 2.39 bits per heavy atom. The summed E-state index contributed by atoms with van der Waals surface area (Å²) >= 11 is 1.40. The summed E-state index contributed by atoms with van der Waals surface area (Å²) in [5.74, 6) is 0.671. The van der Waals surface area contributed by atoms with E-state index in [1.54, 1.807) is 0 Å². The number of hydrogen-bond acceptors (Lipinski definition) is 6. The van der Waals surface area contributed by atoms with Crippen molar-refractivity contribution in [3.63, 3.8) is 0 Å². The Morgan fingerprint density at radius 2 is 1.68 bits per heavy atom. The Balaban J connectivity index is 1.36. The lowest BCUT2D eigenvalue weighted by molar-refractivity contribution is 0.0746. The van der Waals surface area contributed by atoms with E-state index in [9.17, 15) is 9.59 Å². The molecule has 8 heteroatoms. The van der Waals surface area contributed by atoms with E-state index in [2.05, 4.69) is 10.00 Å². The number of nitrogens with zero attached hydrogens (tertiary/aromatic N) is 5. The van der Waals surface area contributed by atoms with Gasteiger partial charge in [0, 0.05) is 43.4 Å². The Hall–Kier alpha value is -3.52. The smallest absolute Gasteiger partial charge is 0.277 e. The molecule has 5 rings (SSSR count). The molecule has 0 spiro atoms. The van der Waals surface area contributed by atoms with Crippen LogP contribution in [0.5, 0.6) is 0 Å². The van der Waals surface area contributed by atoms with Crippen LogP contribution < -0.4 is 10.5 Å². The number of amides is 1. The van der Waals surface area contributed by atoms with Crippen LogP contribution in [-0.4, -0.2) is 51.6 Å². The minimum atomic E-state index is -0.197. The largest absolute Gasteiger partial charge is 0.353 e. The molecule has 0 saturated carbocycles. The van der Waals surface area contributed by atoms with Crippen LogP contribution in [0.3, 0.4) is 0 Å². The molecule has 7 nitrogen and oxygen atoms in total. The fourth-order valence-electron chi connectivity index (χ4n) is 3.68. The average Bonchev–Trinajstić information content (AvgIpc) is 3.25. The van der Waals surface area contributed by atoms with Crippen molar-refractivity contribution in [1.29, 1.82) is 0 Å². The standard InChI is InChI=1S/C23H21N5O2S/c1-16-7-9-17(10-8-16)21-25-28-20(29)15-19(24-23(28)31-21)26-11-13-27(14-12-26)22(30)18-5-3-2-4-6-18/h2-10,15H,11-14H2,1H3. The molecule has 1 amide bonds. The second kappa shape index (κ2) is 7.96.